The van der Waals surface area contributed by atoms with Crippen molar-refractivity contribution in [3.63, 3.8) is 0 Å². The van der Waals surface area contributed by atoms with E-state index in [1.54, 1.807) is 0 Å². The van der Waals surface area contributed by atoms with Gasteiger partial charge in [0, 0.05) is 53.6 Å². The summed E-state index contributed by atoms with van der Waals surface area (Å²) in [5.74, 6) is 0. The van der Waals surface area contributed by atoms with Crippen molar-refractivity contribution < 1.29 is 0 Å². The Kier molecular flexibility index (Phi) is 8.39. The van der Waals surface area contributed by atoms with Crippen LogP contribution in [0.25, 0.3) is 91.8 Å². The van der Waals surface area contributed by atoms with Crippen molar-refractivity contribution >= 4 is 81.1 Å². The first-order chi connectivity index (χ1) is 30.2. The zero-order valence-corrected chi connectivity index (χ0v) is 34.1. The number of benzene rings is 10. The fraction of sp³-hybridized carbons (Fsp3) is 0. The van der Waals surface area contributed by atoms with Crippen LogP contribution in [-0.2, 0) is 0 Å². The SMILES string of the molecule is c1cc(-c2ccc(N(c3ccc(-c4cccc5ccccc45)cc3)c3ccc4sc5ccccc5c4c3)cc2)cc(-c2ccccc2-n2c3ccccc3c3ccccc32)c1. The minimum atomic E-state index is 1.11. The third-order valence-electron chi connectivity index (χ3n) is 12.2. The van der Waals surface area contributed by atoms with Gasteiger partial charge in [-0.2, -0.15) is 0 Å². The highest BCUT2D eigenvalue weighted by atomic mass is 32.1. The number of rotatable bonds is 7. The van der Waals surface area contributed by atoms with Crippen molar-refractivity contribution in [2.24, 2.45) is 0 Å². The zero-order valence-electron chi connectivity index (χ0n) is 33.2. The largest absolute Gasteiger partial charge is 0.310 e. The van der Waals surface area contributed by atoms with Crippen LogP contribution in [-0.4, -0.2) is 4.57 Å². The molecule has 0 bridgehead atoms. The Balaban J connectivity index is 0.940. The van der Waals surface area contributed by atoms with E-state index in [9.17, 15) is 0 Å². The second-order valence-corrected chi connectivity index (χ2v) is 16.8. The lowest BCUT2D eigenvalue weighted by Crippen LogP contribution is -2.09. The molecule has 2 nitrogen and oxygen atoms in total. The molecule has 3 heteroatoms. The van der Waals surface area contributed by atoms with Gasteiger partial charge in [0.1, 0.15) is 0 Å². The van der Waals surface area contributed by atoms with Gasteiger partial charge in [0.05, 0.1) is 16.7 Å². The zero-order chi connectivity index (χ0) is 40.3. The number of para-hydroxylation sites is 3. The maximum Gasteiger partial charge on any atom is 0.0541 e. The van der Waals surface area contributed by atoms with Crippen LogP contribution >= 0.6 is 11.3 Å². The molecule has 0 radical (unpaired) electrons. The van der Waals surface area contributed by atoms with Crippen molar-refractivity contribution in [3.8, 4) is 39.1 Å². The van der Waals surface area contributed by atoms with Crippen molar-refractivity contribution in [1.82, 2.24) is 4.57 Å². The Morgan fingerprint density at radius 2 is 0.852 bits per heavy atom. The maximum atomic E-state index is 2.42. The smallest absolute Gasteiger partial charge is 0.0541 e. The topological polar surface area (TPSA) is 8.17 Å². The molecule has 12 rings (SSSR count). The number of nitrogens with zero attached hydrogens (tertiary/aromatic N) is 2. The molecule has 2 aromatic heterocycles. The van der Waals surface area contributed by atoms with Gasteiger partial charge in [-0.3, -0.25) is 0 Å². The van der Waals surface area contributed by atoms with E-state index in [4.69, 9.17) is 0 Å². The van der Waals surface area contributed by atoms with Crippen LogP contribution in [0.2, 0.25) is 0 Å². The summed E-state index contributed by atoms with van der Waals surface area (Å²) >= 11 is 1.85. The van der Waals surface area contributed by atoms with Gasteiger partial charge in [-0.05, 0) is 111 Å². The molecule has 0 saturated heterocycles. The van der Waals surface area contributed by atoms with E-state index in [1.165, 1.54) is 91.8 Å². The minimum Gasteiger partial charge on any atom is -0.310 e. The molecular formula is C58H38N2S. The molecule has 0 spiro atoms. The van der Waals surface area contributed by atoms with E-state index in [-0.39, 0.29) is 0 Å². The molecule has 0 N–H and O–H groups in total. The van der Waals surface area contributed by atoms with Crippen LogP contribution in [0.4, 0.5) is 17.1 Å². The van der Waals surface area contributed by atoms with Gasteiger partial charge in [-0.25, -0.2) is 0 Å². The molecule has 0 atom stereocenters. The van der Waals surface area contributed by atoms with Crippen molar-refractivity contribution in [1.29, 1.82) is 0 Å². The second kappa shape index (κ2) is 14.5. The van der Waals surface area contributed by atoms with Crippen molar-refractivity contribution in [3.05, 3.63) is 231 Å². The highest BCUT2D eigenvalue weighted by molar-refractivity contribution is 7.25. The normalized spacial score (nSPS) is 11.6. The molecule has 10 aromatic carbocycles. The Labute approximate surface area is 358 Å². The number of hydrogen-bond acceptors (Lipinski definition) is 2. The van der Waals surface area contributed by atoms with Gasteiger partial charge >= 0.3 is 0 Å². The highest BCUT2D eigenvalue weighted by Gasteiger charge is 2.18. The van der Waals surface area contributed by atoms with Crippen LogP contribution in [0.1, 0.15) is 0 Å². The monoisotopic (exact) mass is 794 g/mol. The van der Waals surface area contributed by atoms with Gasteiger partial charge in [0.25, 0.3) is 0 Å². The number of fused-ring (bicyclic) bond motifs is 7. The van der Waals surface area contributed by atoms with E-state index >= 15 is 0 Å². The number of hydrogen-bond donors (Lipinski definition) is 0. The summed E-state index contributed by atoms with van der Waals surface area (Å²) in [7, 11) is 0. The molecule has 286 valence electrons. The van der Waals surface area contributed by atoms with Gasteiger partial charge < -0.3 is 9.47 Å². The first-order valence-corrected chi connectivity index (χ1v) is 21.6. The predicted molar refractivity (Wildman–Crippen MR) is 262 cm³/mol. The Hall–Kier alpha value is -7.72. The first-order valence-electron chi connectivity index (χ1n) is 20.8. The number of anilines is 3. The number of thiophene rings is 1. The third-order valence-corrected chi connectivity index (χ3v) is 13.4. The fourth-order valence-electron chi connectivity index (χ4n) is 9.33. The summed E-state index contributed by atoms with van der Waals surface area (Å²) < 4.78 is 5.03. The lowest BCUT2D eigenvalue weighted by Gasteiger charge is -2.26. The molecule has 2 heterocycles. The standard InChI is InChI=1S/C58H38N2S/c1-2-17-47-40(13-1)14-12-22-48(47)41-29-33-45(34-30-41)59(46-35-36-58-53(38-46)52-21-6-10-26-57(52)61-58)44-31-27-39(28-32-44)42-15-11-16-43(37-42)49-18-3-7-23-54(49)60-55-24-8-4-19-50(55)51-20-5-9-25-56(51)60/h1-38H. The van der Waals surface area contributed by atoms with Gasteiger partial charge in [-0.15, -0.1) is 11.3 Å². The van der Waals surface area contributed by atoms with E-state index in [1.807, 2.05) is 11.3 Å². The summed E-state index contributed by atoms with van der Waals surface area (Å²) in [6.45, 7) is 0. The third kappa shape index (κ3) is 6.01. The van der Waals surface area contributed by atoms with Crippen LogP contribution in [0.5, 0.6) is 0 Å². The summed E-state index contributed by atoms with van der Waals surface area (Å²) in [5.41, 5.74) is 14.1. The minimum absolute atomic E-state index is 1.11. The van der Waals surface area contributed by atoms with Crippen molar-refractivity contribution in [2.45, 2.75) is 0 Å². The van der Waals surface area contributed by atoms with E-state index in [0.717, 1.165) is 17.1 Å². The molecule has 0 fully saturated rings. The van der Waals surface area contributed by atoms with Crippen LogP contribution in [0, 0.1) is 0 Å². The fourth-order valence-corrected chi connectivity index (χ4v) is 10.4. The Morgan fingerprint density at radius 3 is 1.62 bits per heavy atom. The lowest BCUT2D eigenvalue weighted by atomic mass is 9.97. The molecule has 12 aromatic rings. The van der Waals surface area contributed by atoms with Crippen LogP contribution in [0.3, 0.4) is 0 Å². The molecule has 0 aliphatic rings. The van der Waals surface area contributed by atoms with Gasteiger partial charge in [0.15, 0.2) is 0 Å². The van der Waals surface area contributed by atoms with Crippen LogP contribution in [0.15, 0.2) is 231 Å². The molecule has 0 aliphatic carbocycles. The van der Waals surface area contributed by atoms with Gasteiger partial charge in [0.2, 0.25) is 0 Å². The lowest BCUT2D eigenvalue weighted by molar-refractivity contribution is 1.18. The van der Waals surface area contributed by atoms with E-state index in [2.05, 4.69) is 240 Å². The average Bonchev–Trinajstić information content (AvgIpc) is 3.87. The van der Waals surface area contributed by atoms with Crippen LogP contribution < -0.4 is 4.90 Å². The average molecular weight is 795 g/mol. The molecule has 0 saturated carbocycles. The summed E-state index contributed by atoms with van der Waals surface area (Å²) in [4.78, 5) is 2.39. The predicted octanol–water partition coefficient (Wildman–Crippen LogP) is 16.8. The number of aromatic nitrogens is 1. The molecule has 0 amide bonds. The van der Waals surface area contributed by atoms with Gasteiger partial charge in [-0.1, -0.05) is 158 Å². The molecular weight excluding hydrogens is 757 g/mol. The first kappa shape index (κ1) is 35.2. The Morgan fingerprint density at radius 1 is 0.311 bits per heavy atom. The second-order valence-electron chi connectivity index (χ2n) is 15.7. The van der Waals surface area contributed by atoms with E-state index < -0.39 is 0 Å². The molecule has 61 heavy (non-hydrogen) atoms. The summed E-state index contributed by atoms with van der Waals surface area (Å²) in [6.07, 6.45) is 0. The summed E-state index contributed by atoms with van der Waals surface area (Å²) in [5, 5.41) is 7.62. The summed E-state index contributed by atoms with van der Waals surface area (Å²) in [6, 6.07) is 84.2. The maximum absolute atomic E-state index is 2.42. The molecule has 0 aliphatic heterocycles. The molecule has 0 unspecified atom stereocenters. The van der Waals surface area contributed by atoms with Crippen molar-refractivity contribution in [2.75, 3.05) is 4.90 Å². The quantitative estimate of drug-likeness (QED) is 0.156. The van der Waals surface area contributed by atoms with E-state index in [0.29, 0.717) is 0 Å². The Bertz CT molecular complexity index is 3530. The highest BCUT2D eigenvalue weighted by Crippen LogP contribution is 2.43.